The predicted octanol–water partition coefficient (Wildman–Crippen LogP) is 3.00. The fourth-order valence-corrected chi connectivity index (χ4v) is 4.19. The van der Waals surface area contributed by atoms with Crippen molar-refractivity contribution in [3.8, 4) is 0 Å². The van der Waals surface area contributed by atoms with Crippen LogP contribution in [0.1, 0.15) is 30.6 Å². The molecular weight excluding hydrogens is 404 g/mol. The van der Waals surface area contributed by atoms with Gasteiger partial charge in [-0.15, -0.1) is 0 Å². The van der Waals surface area contributed by atoms with E-state index in [2.05, 4.69) is 24.5 Å². The number of nitrogens with one attached hydrogen (secondary N) is 2. The smallest absolute Gasteiger partial charge is 0.313 e. The first kappa shape index (κ1) is 23.3. The number of carbonyl (C=O) groups is 3. The fourth-order valence-electron chi connectivity index (χ4n) is 4.19. The molecule has 2 atom stereocenters. The van der Waals surface area contributed by atoms with Crippen LogP contribution in [0.15, 0.2) is 54.6 Å². The molecule has 0 radical (unpaired) electrons. The van der Waals surface area contributed by atoms with Gasteiger partial charge in [-0.1, -0.05) is 44.2 Å². The number of likely N-dealkylation sites (N-methyl/N-ethyl adjacent to an activating group) is 1. The van der Waals surface area contributed by atoms with Gasteiger partial charge in [0.25, 0.3) is 5.91 Å². The Hall–Kier alpha value is -3.35. The number of anilines is 2. The Morgan fingerprint density at radius 2 is 1.56 bits per heavy atom. The van der Waals surface area contributed by atoms with Crippen molar-refractivity contribution >= 4 is 29.1 Å². The van der Waals surface area contributed by atoms with Gasteiger partial charge in [0.15, 0.2) is 0 Å². The lowest BCUT2D eigenvalue weighted by Gasteiger charge is -2.35. The Balaban J connectivity index is 1.57. The van der Waals surface area contributed by atoms with Crippen LogP contribution in [0.2, 0.25) is 0 Å². The zero-order valence-electron chi connectivity index (χ0n) is 19.0. The van der Waals surface area contributed by atoms with Gasteiger partial charge in [0.2, 0.25) is 0 Å². The van der Waals surface area contributed by atoms with E-state index in [-0.39, 0.29) is 5.91 Å². The standard InChI is InChI=1S/C25H32N4O3/c1-18-15-19(2)17-29(16-18)25(32)21-11-7-8-12-22(21)27-24(31)23(30)26-13-14-28(3)20-9-5-4-6-10-20/h4-12,18-19H,13-17H2,1-3H3,(H,26,30)(H,27,31). The van der Waals surface area contributed by atoms with Crippen molar-refractivity contribution in [1.29, 1.82) is 0 Å². The van der Waals surface area contributed by atoms with E-state index >= 15 is 0 Å². The van der Waals surface area contributed by atoms with E-state index in [1.807, 2.05) is 47.2 Å². The van der Waals surface area contributed by atoms with Crippen LogP contribution >= 0.6 is 0 Å². The van der Waals surface area contributed by atoms with Gasteiger partial charge in [0.05, 0.1) is 11.3 Å². The summed E-state index contributed by atoms with van der Waals surface area (Å²) >= 11 is 0. The lowest BCUT2D eigenvalue weighted by molar-refractivity contribution is -0.136. The second-order valence-corrected chi connectivity index (χ2v) is 8.67. The summed E-state index contributed by atoms with van der Waals surface area (Å²) in [7, 11) is 1.92. The van der Waals surface area contributed by atoms with Crippen LogP contribution in [0.3, 0.4) is 0 Å². The molecular formula is C25H32N4O3. The fraction of sp³-hybridized carbons (Fsp3) is 0.400. The van der Waals surface area contributed by atoms with Crippen molar-refractivity contribution in [1.82, 2.24) is 10.2 Å². The average molecular weight is 437 g/mol. The van der Waals surface area contributed by atoms with E-state index in [0.29, 0.717) is 49.3 Å². The van der Waals surface area contributed by atoms with Crippen LogP contribution < -0.4 is 15.5 Å². The van der Waals surface area contributed by atoms with Crippen LogP contribution in [0.25, 0.3) is 0 Å². The first-order chi connectivity index (χ1) is 15.3. The molecule has 0 aromatic heterocycles. The number of amides is 3. The lowest BCUT2D eigenvalue weighted by atomic mass is 9.91. The Kier molecular flexibility index (Phi) is 7.87. The highest BCUT2D eigenvalue weighted by atomic mass is 16.2. The van der Waals surface area contributed by atoms with Crippen LogP contribution in [0, 0.1) is 11.8 Å². The summed E-state index contributed by atoms with van der Waals surface area (Å²) in [4.78, 5) is 41.7. The number of carbonyl (C=O) groups excluding carboxylic acids is 3. The molecule has 3 rings (SSSR count). The number of benzene rings is 2. The highest BCUT2D eigenvalue weighted by Gasteiger charge is 2.28. The number of likely N-dealkylation sites (tertiary alicyclic amines) is 1. The highest BCUT2D eigenvalue weighted by molar-refractivity contribution is 6.40. The summed E-state index contributed by atoms with van der Waals surface area (Å²) < 4.78 is 0. The van der Waals surface area contributed by atoms with Gasteiger partial charge in [-0.05, 0) is 42.5 Å². The first-order valence-corrected chi connectivity index (χ1v) is 11.1. The summed E-state index contributed by atoms with van der Waals surface area (Å²) in [5, 5.41) is 5.25. The number of hydrogen-bond acceptors (Lipinski definition) is 4. The third-order valence-corrected chi connectivity index (χ3v) is 5.70. The van der Waals surface area contributed by atoms with Gasteiger partial charge < -0.3 is 20.4 Å². The number of para-hydroxylation sites is 2. The maximum absolute atomic E-state index is 13.1. The van der Waals surface area contributed by atoms with Gasteiger partial charge in [-0.25, -0.2) is 0 Å². The number of hydrogen-bond donors (Lipinski definition) is 2. The van der Waals surface area contributed by atoms with Crippen LogP contribution in [-0.2, 0) is 9.59 Å². The molecule has 170 valence electrons. The Morgan fingerprint density at radius 3 is 2.25 bits per heavy atom. The first-order valence-electron chi connectivity index (χ1n) is 11.1. The largest absolute Gasteiger partial charge is 0.373 e. The van der Waals surface area contributed by atoms with Gasteiger partial charge in [0, 0.05) is 38.9 Å². The van der Waals surface area contributed by atoms with Gasteiger partial charge in [0.1, 0.15) is 0 Å². The van der Waals surface area contributed by atoms with Gasteiger partial charge >= 0.3 is 11.8 Å². The van der Waals surface area contributed by atoms with E-state index < -0.39 is 11.8 Å². The second-order valence-electron chi connectivity index (χ2n) is 8.67. The Morgan fingerprint density at radius 1 is 0.938 bits per heavy atom. The SMILES string of the molecule is CC1CC(C)CN(C(=O)c2ccccc2NC(=O)C(=O)NCCN(C)c2ccccc2)C1. The lowest BCUT2D eigenvalue weighted by Crippen LogP contribution is -2.43. The van der Waals surface area contributed by atoms with E-state index in [1.165, 1.54) is 0 Å². The minimum atomic E-state index is -0.784. The van der Waals surface area contributed by atoms with E-state index in [9.17, 15) is 14.4 Å². The second kappa shape index (κ2) is 10.8. The van der Waals surface area contributed by atoms with Crippen LogP contribution in [0.5, 0.6) is 0 Å². The van der Waals surface area contributed by atoms with Crippen molar-refractivity contribution in [2.45, 2.75) is 20.3 Å². The summed E-state index contributed by atoms with van der Waals surface area (Å²) in [5.41, 5.74) is 1.78. The summed E-state index contributed by atoms with van der Waals surface area (Å²) in [6.45, 7) is 6.55. The monoisotopic (exact) mass is 436 g/mol. The summed E-state index contributed by atoms with van der Waals surface area (Å²) in [6.07, 6.45) is 1.10. The average Bonchev–Trinajstić information content (AvgIpc) is 2.78. The topological polar surface area (TPSA) is 81.8 Å². The van der Waals surface area contributed by atoms with Crippen molar-refractivity contribution in [3.05, 3.63) is 60.2 Å². The van der Waals surface area contributed by atoms with Crippen molar-refractivity contribution < 1.29 is 14.4 Å². The van der Waals surface area contributed by atoms with Crippen LogP contribution in [-0.4, -0.2) is 55.8 Å². The number of rotatable bonds is 6. The van der Waals surface area contributed by atoms with Crippen molar-refractivity contribution in [2.75, 3.05) is 43.4 Å². The maximum Gasteiger partial charge on any atom is 0.313 e. The highest BCUT2D eigenvalue weighted by Crippen LogP contribution is 2.25. The van der Waals surface area contributed by atoms with Crippen molar-refractivity contribution in [2.24, 2.45) is 11.8 Å². The molecule has 1 aliphatic rings. The molecule has 2 N–H and O–H groups in total. The normalized spacial score (nSPS) is 18.0. The summed E-state index contributed by atoms with van der Waals surface area (Å²) in [5.74, 6) is -0.764. The number of piperidine rings is 1. The zero-order valence-corrected chi connectivity index (χ0v) is 19.0. The van der Waals surface area contributed by atoms with Gasteiger partial charge in [-0.3, -0.25) is 14.4 Å². The number of nitrogens with zero attached hydrogens (tertiary/aromatic N) is 2. The molecule has 3 amide bonds. The molecule has 1 saturated heterocycles. The van der Waals surface area contributed by atoms with E-state index in [0.717, 1.165) is 12.1 Å². The third kappa shape index (κ3) is 6.09. The minimum absolute atomic E-state index is 0.121. The molecule has 1 aliphatic heterocycles. The molecule has 0 saturated carbocycles. The molecule has 7 heteroatoms. The van der Waals surface area contributed by atoms with Gasteiger partial charge in [-0.2, -0.15) is 0 Å². The van der Waals surface area contributed by atoms with Crippen LogP contribution in [0.4, 0.5) is 11.4 Å². The molecule has 1 heterocycles. The maximum atomic E-state index is 13.1. The van der Waals surface area contributed by atoms with E-state index in [4.69, 9.17) is 0 Å². The Labute approximate surface area is 189 Å². The molecule has 32 heavy (non-hydrogen) atoms. The predicted molar refractivity (Wildman–Crippen MR) is 127 cm³/mol. The molecule has 0 spiro atoms. The zero-order chi connectivity index (χ0) is 23.1. The summed E-state index contributed by atoms with van der Waals surface area (Å²) in [6, 6.07) is 16.6. The molecule has 1 fully saturated rings. The quantitative estimate of drug-likeness (QED) is 0.682. The molecule has 0 bridgehead atoms. The molecule has 2 aromatic carbocycles. The molecule has 0 aliphatic carbocycles. The molecule has 2 unspecified atom stereocenters. The Bertz CT molecular complexity index is 937. The van der Waals surface area contributed by atoms with E-state index in [1.54, 1.807) is 24.3 Å². The molecule has 7 nitrogen and oxygen atoms in total. The third-order valence-electron chi connectivity index (χ3n) is 5.70. The minimum Gasteiger partial charge on any atom is -0.373 e. The van der Waals surface area contributed by atoms with Crippen molar-refractivity contribution in [3.63, 3.8) is 0 Å². The molecule has 2 aromatic rings.